The second-order valence-electron chi connectivity index (χ2n) is 4.80. The van der Waals surface area contributed by atoms with Crippen LogP contribution < -0.4 is 5.32 Å². The van der Waals surface area contributed by atoms with Crippen molar-refractivity contribution in [2.45, 2.75) is 65.0 Å². The van der Waals surface area contributed by atoms with Crippen LogP contribution in [0.1, 0.15) is 59.3 Å². The summed E-state index contributed by atoms with van der Waals surface area (Å²) < 4.78 is 0. The molecule has 0 spiro atoms. The van der Waals surface area contributed by atoms with Crippen molar-refractivity contribution in [2.24, 2.45) is 5.41 Å². The minimum Gasteiger partial charge on any atom is -0.376 e. The summed E-state index contributed by atoms with van der Waals surface area (Å²) in [5.74, 6) is 0. The van der Waals surface area contributed by atoms with Crippen LogP contribution in [0.3, 0.4) is 0 Å². The first-order chi connectivity index (χ1) is 6.58. The molecule has 1 aliphatic carbocycles. The zero-order chi connectivity index (χ0) is 10.7. The lowest BCUT2D eigenvalue weighted by Gasteiger charge is -2.48. The SMILES string of the molecule is CCNC(C)(O)C1(CC)CCCCC1. The molecule has 84 valence electrons. The standard InChI is InChI=1S/C12H25NO/c1-4-12(9-7-6-8-10-12)11(3,14)13-5-2/h13-14H,4-10H2,1-3H3. The Morgan fingerprint density at radius 3 is 2.21 bits per heavy atom. The molecule has 0 aromatic heterocycles. The van der Waals surface area contributed by atoms with E-state index in [0.717, 1.165) is 13.0 Å². The summed E-state index contributed by atoms with van der Waals surface area (Å²) in [5.41, 5.74) is -0.571. The van der Waals surface area contributed by atoms with Gasteiger partial charge in [-0.1, -0.05) is 33.1 Å². The van der Waals surface area contributed by atoms with Gasteiger partial charge < -0.3 is 5.11 Å². The van der Waals surface area contributed by atoms with E-state index in [1.165, 1.54) is 32.1 Å². The Labute approximate surface area is 88.1 Å². The molecule has 0 radical (unpaired) electrons. The third kappa shape index (κ3) is 2.12. The zero-order valence-corrected chi connectivity index (χ0v) is 9.90. The average molecular weight is 199 g/mol. The van der Waals surface area contributed by atoms with Crippen LogP contribution in [-0.4, -0.2) is 17.4 Å². The highest BCUT2D eigenvalue weighted by Gasteiger charge is 2.45. The largest absolute Gasteiger partial charge is 0.376 e. The Balaban J connectivity index is 2.75. The first-order valence-corrected chi connectivity index (χ1v) is 6.05. The minimum atomic E-state index is -0.684. The van der Waals surface area contributed by atoms with Crippen LogP contribution in [0.25, 0.3) is 0 Å². The predicted octanol–water partition coefficient (Wildman–Crippen LogP) is 2.66. The van der Waals surface area contributed by atoms with E-state index in [0.29, 0.717) is 0 Å². The zero-order valence-electron chi connectivity index (χ0n) is 9.90. The monoisotopic (exact) mass is 199 g/mol. The third-order valence-electron chi connectivity index (χ3n) is 4.04. The molecule has 2 heteroatoms. The van der Waals surface area contributed by atoms with Crippen molar-refractivity contribution in [2.75, 3.05) is 6.54 Å². The van der Waals surface area contributed by atoms with Gasteiger partial charge in [0.1, 0.15) is 5.72 Å². The molecular formula is C12H25NO. The Morgan fingerprint density at radius 2 is 1.79 bits per heavy atom. The summed E-state index contributed by atoms with van der Waals surface area (Å²) in [5, 5.41) is 13.7. The van der Waals surface area contributed by atoms with Gasteiger partial charge in [0.05, 0.1) is 0 Å². The lowest BCUT2D eigenvalue weighted by molar-refractivity contribution is -0.116. The number of hydrogen-bond donors (Lipinski definition) is 2. The van der Waals surface area contributed by atoms with Crippen molar-refractivity contribution >= 4 is 0 Å². The van der Waals surface area contributed by atoms with Gasteiger partial charge in [-0.05, 0) is 32.7 Å². The molecule has 0 aromatic carbocycles. The number of nitrogens with one attached hydrogen (secondary N) is 1. The molecule has 2 nitrogen and oxygen atoms in total. The van der Waals surface area contributed by atoms with Gasteiger partial charge >= 0.3 is 0 Å². The maximum atomic E-state index is 10.5. The topological polar surface area (TPSA) is 32.3 Å². The summed E-state index contributed by atoms with van der Waals surface area (Å²) in [6, 6.07) is 0. The van der Waals surface area contributed by atoms with E-state index < -0.39 is 5.72 Å². The van der Waals surface area contributed by atoms with Crippen molar-refractivity contribution in [1.82, 2.24) is 5.32 Å². The maximum Gasteiger partial charge on any atom is 0.118 e. The lowest BCUT2D eigenvalue weighted by atomic mass is 9.65. The average Bonchev–Trinajstić information content (AvgIpc) is 2.18. The fraction of sp³-hybridized carbons (Fsp3) is 1.00. The van der Waals surface area contributed by atoms with Crippen LogP contribution in [0, 0.1) is 5.41 Å². The van der Waals surface area contributed by atoms with E-state index in [4.69, 9.17) is 0 Å². The molecule has 1 fully saturated rings. The molecule has 1 atom stereocenters. The molecule has 0 saturated heterocycles. The van der Waals surface area contributed by atoms with E-state index in [-0.39, 0.29) is 5.41 Å². The fourth-order valence-electron chi connectivity index (χ4n) is 2.94. The van der Waals surface area contributed by atoms with Crippen LogP contribution in [0.2, 0.25) is 0 Å². The van der Waals surface area contributed by atoms with E-state index >= 15 is 0 Å². The minimum absolute atomic E-state index is 0.112. The molecule has 0 heterocycles. The highest BCUT2D eigenvalue weighted by Crippen LogP contribution is 2.46. The van der Waals surface area contributed by atoms with E-state index in [9.17, 15) is 5.11 Å². The first kappa shape index (κ1) is 12.0. The van der Waals surface area contributed by atoms with Gasteiger partial charge in [0.25, 0.3) is 0 Å². The molecule has 2 N–H and O–H groups in total. The number of rotatable bonds is 4. The van der Waals surface area contributed by atoms with Gasteiger partial charge in [-0.15, -0.1) is 0 Å². The van der Waals surface area contributed by atoms with Crippen LogP contribution in [0.4, 0.5) is 0 Å². The Morgan fingerprint density at radius 1 is 1.21 bits per heavy atom. The molecule has 1 unspecified atom stereocenters. The lowest BCUT2D eigenvalue weighted by Crippen LogP contribution is -2.56. The van der Waals surface area contributed by atoms with Crippen LogP contribution in [-0.2, 0) is 0 Å². The highest BCUT2D eigenvalue weighted by atomic mass is 16.3. The third-order valence-corrected chi connectivity index (χ3v) is 4.04. The smallest absolute Gasteiger partial charge is 0.118 e. The normalized spacial score (nSPS) is 25.7. The summed E-state index contributed by atoms with van der Waals surface area (Å²) in [7, 11) is 0. The molecule has 14 heavy (non-hydrogen) atoms. The summed E-state index contributed by atoms with van der Waals surface area (Å²) in [6.07, 6.45) is 7.30. The van der Waals surface area contributed by atoms with Gasteiger partial charge in [0, 0.05) is 5.41 Å². The van der Waals surface area contributed by atoms with Gasteiger partial charge in [-0.25, -0.2) is 0 Å². The molecule has 1 aliphatic rings. The quantitative estimate of drug-likeness (QED) is 0.682. The summed E-state index contributed by atoms with van der Waals surface area (Å²) in [6.45, 7) is 7.05. The predicted molar refractivity (Wildman–Crippen MR) is 60.1 cm³/mol. The van der Waals surface area contributed by atoms with Crippen molar-refractivity contribution < 1.29 is 5.11 Å². The maximum absolute atomic E-state index is 10.5. The molecule has 0 aliphatic heterocycles. The van der Waals surface area contributed by atoms with Gasteiger partial charge in [0.15, 0.2) is 0 Å². The Bertz CT molecular complexity index is 171. The van der Waals surface area contributed by atoms with Crippen molar-refractivity contribution in [1.29, 1.82) is 0 Å². The van der Waals surface area contributed by atoms with Crippen LogP contribution in [0.15, 0.2) is 0 Å². The van der Waals surface area contributed by atoms with Crippen molar-refractivity contribution in [3.63, 3.8) is 0 Å². The first-order valence-electron chi connectivity index (χ1n) is 6.05. The summed E-state index contributed by atoms with van der Waals surface area (Å²) in [4.78, 5) is 0. The second-order valence-corrected chi connectivity index (χ2v) is 4.80. The van der Waals surface area contributed by atoms with Crippen LogP contribution >= 0.6 is 0 Å². The van der Waals surface area contributed by atoms with E-state index in [1.54, 1.807) is 0 Å². The Kier molecular flexibility index (Phi) is 3.96. The molecule has 0 bridgehead atoms. The van der Waals surface area contributed by atoms with Crippen molar-refractivity contribution in [3.05, 3.63) is 0 Å². The Hall–Kier alpha value is -0.0800. The molecule has 0 amide bonds. The molecular weight excluding hydrogens is 174 g/mol. The van der Waals surface area contributed by atoms with Gasteiger partial charge in [0.2, 0.25) is 0 Å². The van der Waals surface area contributed by atoms with E-state index in [2.05, 4.69) is 19.2 Å². The van der Waals surface area contributed by atoms with Crippen molar-refractivity contribution in [3.8, 4) is 0 Å². The van der Waals surface area contributed by atoms with Gasteiger partial charge in [-0.3, -0.25) is 5.32 Å². The fourth-order valence-corrected chi connectivity index (χ4v) is 2.94. The van der Waals surface area contributed by atoms with Gasteiger partial charge in [-0.2, -0.15) is 0 Å². The second kappa shape index (κ2) is 4.63. The molecule has 0 aromatic rings. The van der Waals surface area contributed by atoms with Crippen LogP contribution in [0.5, 0.6) is 0 Å². The number of hydrogen-bond acceptors (Lipinski definition) is 2. The van der Waals surface area contributed by atoms with E-state index in [1.807, 2.05) is 6.92 Å². The highest BCUT2D eigenvalue weighted by molar-refractivity contribution is 4.95. The summed E-state index contributed by atoms with van der Waals surface area (Å²) >= 11 is 0. The molecule has 1 rings (SSSR count). The number of aliphatic hydroxyl groups is 1. The molecule has 1 saturated carbocycles.